The number of ether oxygens (including phenoxy) is 2. The number of carbonyl (C=O) groups excluding carboxylic acids is 2. The minimum atomic E-state index is -0.627. The van der Waals surface area contributed by atoms with Gasteiger partial charge in [-0.05, 0) is 42.0 Å². The Labute approximate surface area is 155 Å². The van der Waals surface area contributed by atoms with E-state index in [1.165, 1.54) is 13.2 Å². The van der Waals surface area contributed by atoms with Crippen molar-refractivity contribution in [2.24, 2.45) is 0 Å². The number of methoxy groups -OCH3 is 1. The quantitative estimate of drug-likeness (QED) is 0.603. The molecule has 0 fully saturated rings. The summed E-state index contributed by atoms with van der Waals surface area (Å²) in [5.41, 5.74) is 1.27. The predicted molar refractivity (Wildman–Crippen MR) is 98.1 cm³/mol. The summed E-state index contributed by atoms with van der Waals surface area (Å²) in [4.78, 5) is 23.4. The van der Waals surface area contributed by atoms with Crippen LogP contribution in [0.1, 0.15) is 5.56 Å². The van der Waals surface area contributed by atoms with Crippen molar-refractivity contribution in [3.63, 3.8) is 0 Å². The van der Waals surface area contributed by atoms with Crippen LogP contribution in [0.15, 0.2) is 48.5 Å². The lowest BCUT2D eigenvalue weighted by molar-refractivity contribution is -0.142. The Morgan fingerprint density at radius 1 is 1.12 bits per heavy atom. The molecule has 0 aliphatic heterocycles. The molecule has 1 N–H and O–H groups in total. The highest BCUT2D eigenvalue weighted by Gasteiger charge is 2.08. The van der Waals surface area contributed by atoms with Gasteiger partial charge in [-0.2, -0.15) is 0 Å². The monoisotopic (exact) mass is 379 g/mol. The largest absolute Gasteiger partial charge is 0.495 e. The number of carbonyl (C=O) groups is 2. The van der Waals surface area contributed by atoms with Crippen LogP contribution in [0.2, 0.25) is 10.0 Å². The van der Waals surface area contributed by atoms with Gasteiger partial charge in [0.2, 0.25) is 0 Å². The normalized spacial score (nSPS) is 10.5. The highest BCUT2D eigenvalue weighted by atomic mass is 35.5. The molecule has 0 spiro atoms. The average Bonchev–Trinajstić information content (AvgIpc) is 2.59. The maximum absolute atomic E-state index is 11.8. The van der Waals surface area contributed by atoms with Crippen molar-refractivity contribution in [1.29, 1.82) is 0 Å². The van der Waals surface area contributed by atoms with E-state index in [0.717, 1.165) is 5.56 Å². The van der Waals surface area contributed by atoms with Crippen LogP contribution in [0.5, 0.6) is 5.75 Å². The van der Waals surface area contributed by atoms with E-state index in [4.69, 9.17) is 32.7 Å². The van der Waals surface area contributed by atoms with E-state index < -0.39 is 18.5 Å². The third-order valence-corrected chi connectivity index (χ3v) is 3.61. The summed E-state index contributed by atoms with van der Waals surface area (Å²) in [6, 6.07) is 11.7. The van der Waals surface area contributed by atoms with Gasteiger partial charge in [-0.15, -0.1) is 0 Å². The molecule has 0 bridgehead atoms. The Morgan fingerprint density at radius 3 is 2.48 bits per heavy atom. The molecular formula is C18H15Cl2NO4. The molecule has 25 heavy (non-hydrogen) atoms. The van der Waals surface area contributed by atoms with Gasteiger partial charge in [0.15, 0.2) is 6.61 Å². The van der Waals surface area contributed by atoms with Crippen LogP contribution < -0.4 is 10.1 Å². The van der Waals surface area contributed by atoms with Crippen LogP contribution in [-0.4, -0.2) is 25.6 Å². The van der Waals surface area contributed by atoms with Crippen molar-refractivity contribution in [3.05, 3.63) is 64.1 Å². The standard InChI is InChI=1S/C18H15Cl2NO4/c1-24-16-8-7-14(10-15(16)20)21-17(22)11-25-18(23)9-4-12-2-5-13(19)6-3-12/h2-10H,11H2,1H3,(H,21,22)/b9-4+. The van der Waals surface area contributed by atoms with Gasteiger partial charge in [-0.1, -0.05) is 35.3 Å². The molecule has 5 nitrogen and oxygen atoms in total. The van der Waals surface area contributed by atoms with Gasteiger partial charge in [0.05, 0.1) is 12.1 Å². The van der Waals surface area contributed by atoms with Gasteiger partial charge in [0.25, 0.3) is 5.91 Å². The summed E-state index contributed by atoms with van der Waals surface area (Å²) >= 11 is 11.7. The van der Waals surface area contributed by atoms with Gasteiger partial charge < -0.3 is 14.8 Å². The fourth-order valence-electron chi connectivity index (χ4n) is 1.86. The molecule has 0 atom stereocenters. The number of amides is 1. The first kappa shape index (κ1) is 18.8. The Bertz CT molecular complexity index is 788. The molecule has 2 rings (SSSR count). The molecule has 0 radical (unpaired) electrons. The van der Waals surface area contributed by atoms with E-state index in [1.54, 1.807) is 48.5 Å². The molecule has 0 aromatic heterocycles. The molecule has 0 saturated heterocycles. The van der Waals surface area contributed by atoms with Crippen molar-refractivity contribution in [1.82, 2.24) is 0 Å². The van der Waals surface area contributed by atoms with E-state index in [-0.39, 0.29) is 0 Å². The molecule has 130 valence electrons. The topological polar surface area (TPSA) is 64.6 Å². The second kappa shape index (κ2) is 9.11. The number of esters is 1. The Morgan fingerprint density at radius 2 is 1.84 bits per heavy atom. The average molecular weight is 380 g/mol. The number of nitrogens with one attached hydrogen (secondary N) is 1. The highest BCUT2D eigenvalue weighted by Crippen LogP contribution is 2.27. The third kappa shape index (κ3) is 6.14. The Hall–Kier alpha value is -2.50. The molecule has 0 unspecified atom stereocenters. The summed E-state index contributed by atoms with van der Waals surface area (Å²) in [7, 11) is 1.50. The first-order chi connectivity index (χ1) is 12.0. The van der Waals surface area contributed by atoms with E-state index in [0.29, 0.717) is 21.5 Å². The fourth-order valence-corrected chi connectivity index (χ4v) is 2.25. The predicted octanol–water partition coefficient (Wildman–Crippen LogP) is 4.20. The SMILES string of the molecule is COc1ccc(NC(=O)COC(=O)/C=C/c2ccc(Cl)cc2)cc1Cl. The molecule has 0 aliphatic rings. The van der Waals surface area contributed by atoms with E-state index in [2.05, 4.69) is 5.32 Å². The molecule has 1 amide bonds. The molecule has 0 saturated carbocycles. The van der Waals surface area contributed by atoms with Crippen molar-refractivity contribution < 1.29 is 19.1 Å². The van der Waals surface area contributed by atoms with E-state index in [1.807, 2.05) is 0 Å². The lowest BCUT2D eigenvalue weighted by Gasteiger charge is -2.08. The molecule has 2 aromatic rings. The molecule has 0 aliphatic carbocycles. The zero-order valence-corrected chi connectivity index (χ0v) is 14.8. The van der Waals surface area contributed by atoms with Crippen LogP contribution in [-0.2, 0) is 14.3 Å². The first-order valence-corrected chi connectivity index (χ1v) is 7.97. The number of halogens is 2. The molecule has 2 aromatic carbocycles. The molecule has 7 heteroatoms. The summed E-state index contributed by atoms with van der Waals surface area (Å²) in [6.45, 7) is -0.409. The van der Waals surface area contributed by atoms with Gasteiger partial charge in [-0.25, -0.2) is 4.79 Å². The Balaban J connectivity index is 1.82. The van der Waals surface area contributed by atoms with Crippen LogP contribution in [0, 0.1) is 0 Å². The smallest absolute Gasteiger partial charge is 0.331 e. The highest BCUT2D eigenvalue weighted by molar-refractivity contribution is 6.32. The van der Waals surface area contributed by atoms with Gasteiger partial charge >= 0.3 is 5.97 Å². The molecule has 0 heterocycles. The number of rotatable bonds is 6. The summed E-state index contributed by atoms with van der Waals surface area (Å²) in [5, 5.41) is 3.55. The minimum Gasteiger partial charge on any atom is -0.495 e. The second-order valence-corrected chi connectivity index (χ2v) is 5.73. The van der Waals surface area contributed by atoms with Crippen LogP contribution in [0.3, 0.4) is 0 Å². The van der Waals surface area contributed by atoms with Gasteiger partial charge in [-0.3, -0.25) is 4.79 Å². The zero-order chi connectivity index (χ0) is 18.2. The number of benzene rings is 2. The Kier molecular flexibility index (Phi) is 6.86. The van der Waals surface area contributed by atoms with Crippen LogP contribution >= 0.6 is 23.2 Å². The van der Waals surface area contributed by atoms with Crippen LogP contribution in [0.25, 0.3) is 6.08 Å². The number of hydrogen-bond acceptors (Lipinski definition) is 4. The number of anilines is 1. The fraction of sp³-hybridized carbons (Fsp3) is 0.111. The maximum Gasteiger partial charge on any atom is 0.331 e. The van der Waals surface area contributed by atoms with Crippen molar-refractivity contribution in [3.8, 4) is 5.75 Å². The van der Waals surface area contributed by atoms with E-state index >= 15 is 0 Å². The molecular weight excluding hydrogens is 365 g/mol. The third-order valence-electron chi connectivity index (χ3n) is 3.06. The van der Waals surface area contributed by atoms with Crippen LogP contribution in [0.4, 0.5) is 5.69 Å². The first-order valence-electron chi connectivity index (χ1n) is 7.22. The summed E-state index contributed by atoms with van der Waals surface area (Å²) in [5.74, 6) is -0.606. The lowest BCUT2D eigenvalue weighted by atomic mass is 10.2. The van der Waals surface area contributed by atoms with Crippen molar-refractivity contribution in [2.75, 3.05) is 19.0 Å². The minimum absolute atomic E-state index is 0.364. The zero-order valence-electron chi connectivity index (χ0n) is 13.3. The number of hydrogen-bond donors (Lipinski definition) is 1. The second-order valence-electron chi connectivity index (χ2n) is 4.89. The van der Waals surface area contributed by atoms with Gasteiger partial charge in [0.1, 0.15) is 5.75 Å². The summed E-state index contributed by atoms with van der Waals surface area (Å²) < 4.78 is 9.90. The van der Waals surface area contributed by atoms with Crippen molar-refractivity contribution in [2.45, 2.75) is 0 Å². The lowest BCUT2D eigenvalue weighted by Crippen LogP contribution is -2.20. The maximum atomic E-state index is 11.8. The van der Waals surface area contributed by atoms with E-state index in [9.17, 15) is 9.59 Å². The van der Waals surface area contributed by atoms with Gasteiger partial charge in [0, 0.05) is 16.8 Å². The van der Waals surface area contributed by atoms with Crippen molar-refractivity contribution >= 4 is 46.8 Å². The summed E-state index contributed by atoms with van der Waals surface area (Å²) in [6.07, 6.45) is 2.81.